The molecule has 2 N–H and O–H groups in total. The molecular weight excluding hydrogens is 571 g/mol. The van der Waals surface area contributed by atoms with Crippen LogP contribution in [0.3, 0.4) is 0 Å². The van der Waals surface area contributed by atoms with Gasteiger partial charge in [-0.05, 0) is 43.4 Å². The molecule has 1 unspecified atom stereocenters. The zero-order chi connectivity index (χ0) is 29.7. The van der Waals surface area contributed by atoms with E-state index in [0.717, 1.165) is 5.56 Å². The molecule has 4 atom stereocenters. The highest BCUT2D eigenvalue weighted by Gasteiger charge is 2.47. The zero-order valence-electron chi connectivity index (χ0n) is 22.4. The second-order valence-electron chi connectivity index (χ2n) is 9.72. The zero-order valence-corrected chi connectivity index (χ0v) is 23.3. The molecule has 0 aliphatic carbocycles. The van der Waals surface area contributed by atoms with E-state index in [9.17, 15) is 24.3 Å². The number of nitrogens with two attached hydrogens (primary N) is 1. The Morgan fingerprint density at radius 3 is 2.57 bits per heavy atom. The van der Waals surface area contributed by atoms with Crippen LogP contribution in [0.1, 0.15) is 48.1 Å². The van der Waals surface area contributed by atoms with E-state index in [2.05, 4.69) is 10.1 Å². The average Bonchev–Trinajstić information content (AvgIpc) is 3.77. The molecule has 15 nitrogen and oxygen atoms in total. The van der Waals surface area contributed by atoms with Crippen LogP contribution >= 0.6 is 7.75 Å². The van der Waals surface area contributed by atoms with Crippen molar-refractivity contribution < 1.29 is 37.6 Å². The number of rotatable bonds is 12. The molecule has 3 heterocycles. The largest absolute Gasteiger partial charge is 0.462 e. The number of hydrogen-bond acceptors (Lipinski definition) is 11. The van der Waals surface area contributed by atoms with Gasteiger partial charge in [0.1, 0.15) is 24.7 Å². The minimum atomic E-state index is -4.20. The lowest BCUT2D eigenvalue weighted by Gasteiger charge is -2.31. The molecule has 1 amide bonds. The van der Waals surface area contributed by atoms with Crippen LogP contribution in [0.2, 0.25) is 0 Å². The van der Waals surface area contributed by atoms with Crippen LogP contribution in [0.25, 0.3) is 0 Å². The van der Waals surface area contributed by atoms with Gasteiger partial charge in [0.25, 0.3) is 11.6 Å². The Balaban J connectivity index is 1.30. The molecule has 1 aromatic heterocycles. The van der Waals surface area contributed by atoms with Crippen molar-refractivity contribution in [1.82, 2.24) is 19.4 Å². The number of primary amides is 1. The normalized spacial score (nSPS) is 22.0. The first-order valence-corrected chi connectivity index (χ1v) is 14.7. The van der Waals surface area contributed by atoms with Gasteiger partial charge >= 0.3 is 13.7 Å². The maximum Gasteiger partial charge on any atom is 0.462 e. The number of nitrogens with zero attached hydrogens (tertiary/aromatic N) is 5. The molecule has 222 valence electrons. The van der Waals surface area contributed by atoms with E-state index in [0.29, 0.717) is 25.7 Å². The molecule has 0 bridgehead atoms. The van der Waals surface area contributed by atoms with E-state index in [4.69, 9.17) is 24.3 Å². The summed E-state index contributed by atoms with van der Waals surface area (Å²) >= 11 is 0. The fourth-order valence-corrected chi connectivity index (χ4v) is 6.72. The molecule has 0 saturated carbocycles. The van der Waals surface area contributed by atoms with Gasteiger partial charge in [-0.15, -0.1) is 5.10 Å². The van der Waals surface area contributed by atoms with Gasteiger partial charge in [-0.3, -0.25) is 24.2 Å². The van der Waals surface area contributed by atoms with Crippen LogP contribution in [0.15, 0.2) is 60.9 Å². The Hall–Kier alpha value is -4.17. The number of nitro benzene ring substituents is 1. The molecule has 5 rings (SSSR count). The first kappa shape index (κ1) is 29.3. The monoisotopic (exact) mass is 600 g/mol. The SMILES string of the molecule is NC(=O)c1ncn([C@H]2CC[C@@H](COP(=O)(Oc3ccc([N+](=O)[O-])cc3)N3CCC[C@H]3C(=O)OCc3ccccc3)O2)n1. The van der Waals surface area contributed by atoms with Crippen molar-refractivity contribution in [3.8, 4) is 5.75 Å². The van der Waals surface area contributed by atoms with E-state index < -0.39 is 42.9 Å². The first-order valence-electron chi connectivity index (χ1n) is 13.2. The minimum absolute atomic E-state index is 0.0510. The molecule has 2 saturated heterocycles. The second-order valence-corrected chi connectivity index (χ2v) is 11.6. The minimum Gasteiger partial charge on any atom is -0.460 e. The van der Waals surface area contributed by atoms with Gasteiger partial charge in [-0.25, -0.2) is 14.2 Å². The number of hydrogen-bond donors (Lipinski definition) is 1. The Morgan fingerprint density at radius 2 is 1.88 bits per heavy atom. The van der Waals surface area contributed by atoms with E-state index in [-0.39, 0.29) is 37.0 Å². The highest BCUT2D eigenvalue weighted by molar-refractivity contribution is 7.51. The molecule has 2 aliphatic heterocycles. The fourth-order valence-electron chi connectivity index (χ4n) is 4.73. The number of benzene rings is 2. The van der Waals surface area contributed by atoms with Crippen LogP contribution < -0.4 is 10.3 Å². The van der Waals surface area contributed by atoms with Crippen molar-refractivity contribution >= 4 is 25.3 Å². The maximum atomic E-state index is 14.4. The summed E-state index contributed by atoms with van der Waals surface area (Å²) in [6.45, 7) is 0.133. The molecule has 0 radical (unpaired) electrons. The number of carbonyl (C=O) groups is 2. The summed E-state index contributed by atoms with van der Waals surface area (Å²) in [7, 11) is -4.20. The molecule has 0 spiro atoms. The summed E-state index contributed by atoms with van der Waals surface area (Å²) in [6.07, 6.45) is 2.22. The lowest BCUT2D eigenvalue weighted by atomic mass is 10.2. The van der Waals surface area contributed by atoms with Crippen LogP contribution in [0, 0.1) is 10.1 Å². The van der Waals surface area contributed by atoms with Crippen LogP contribution in [-0.2, 0) is 30.0 Å². The Bertz CT molecular complexity index is 1470. The number of amides is 1. The average molecular weight is 601 g/mol. The standard InChI is InChI=1S/C26H29N6O9P/c27-24(33)25-28-17-30(29-25)23-13-12-21(40-23)16-39-42(37,41-20-10-8-19(9-11-20)32(35)36)31-14-4-7-22(31)26(34)38-15-18-5-2-1-3-6-18/h1-3,5-6,8-11,17,21-23H,4,7,12-16H2,(H2,27,33)/t21-,22-,23+,42?/m0/s1. The van der Waals surface area contributed by atoms with Gasteiger partial charge in [0.15, 0.2) is 6.23 Å². The van der Waals surface area contributed by atoms with Gasteiger partial charge in [-0.1, -0.05) is 30.3 Å². The van der Waals surface area contributed by atoms with E-state index in [1.54, 1.807) is 0 Å². The smallest absolute Gasteiger partial charge is 0.460 e. The molecule has 2 fully saturated rings. The Morgan fingerprint density at radius 1 is 1.12 bits per heavy atom. The van der Waals surface area contributed by atoms with Crippen molar-refractivity contribution in [2.45, 2.75) is 50.7 Å². The summed E-state index contributed by atoms with van der Waals surface area (Å²) in [5.41, 5.74) is 5.86. The van der Waals surface area contributed by atoms with Crippen molar-refractivity contribution in [3.63, 3.8) is 0 Å². The van der Waals surface area contributed by atoms with Crippen LogP contribution in [-0.4, -0.2) is 61.5 Å². The lowest BCUT2D eigenvalue weighted by molar-refractivity contribution is -0.384. The maximum absolute atomic E-state index is 14.4. The highest BCUT2D eigenvalue weighted by atomic mass is 31.2. The van der Waals surface area contributed by atoms with Crippen molar-refractivity contribution in [1.29, 1.82) is 0 Å². The summed E-state index contributed by atoms with van der Waals surface area (Å²) in [4.78, 5) is 38.8. The third kappa shape index (κ3) is 6.82. The topological polar surface area (TPSA) is 191 Å². The molecular formula is C26H29N6O9P. The number of carbonyl (C=O) groups excluding carboxylic acids is 2. The van der Waals surface area contributed by atoms with Gasteiger partial charge in [0.2, 0.25) is 5.82 Å². The van der Waals surface area contributed by atoms with Gasteiger partial charge in [0, 0.05) is 18.7 Å². The third-order valence-electron chi connectivity index (χ3n) is 6.84. The number of ether oxygens (including phenoxy) is 2. The first-order chi connectivity index (χ1) is 20.2. The predicted molar refractivity (Wildman–Crippen MR) is 145 cm³/mol. The predicted octanol–water partition coefficient (Wildman–Crippen LogP) is 3.37. The molecule has 2 aromatic carbocycles. The van der Waals surface area contributed by atoms with E-state index in [1.165, 1.54) is 39.9 Å². The third-order valence-corrected chi connectivity index (χ3v) is 8.86. The molecule has 42 heavy (non-hydrogen) atoms. The quantitative estimate of drug-likeness (QED) is 0.138. The number of non-ortho nitro benzene ring substituents is 1. The lowest BCUT2D eigenvalue weighted by Crippen LogP contribution is -2.37. The van der Waals surface area contributed by atoms with Gasteiger partial charge in [0.05, 0.1) is 17.6 Å². The Kier molecular flexibility index (Phi) is 8.92. The number of nitro groups is 1. The van der Waals surface area contributed by atoms with Crippen LogP contribution in [0.4, 0.5) is 5.69 Å². The summed E-state index contributed by atoms with van der Waals surface area (Å²) in [5.74, 6) is -1.41. The van der Waals surface area contributed by atoms with E-state index in [1.807, 2.05) is 30.3 Å². The molecule has 2 aliphatic rings. The second kappa shape index (κ2) is 12.8. The number of esters is 1. The highest BCUT2D eigenvalue weighted by Crippen LogP contribution is 2.56. The van der Waals surface area contributed by atoms with Crippen molar-refractivity contribution in [2.24, 2.45) is 5.73 Å². The molecule has 3 aromatic rings. The van der Waals surface area contributed by atoms with Gasteiger partial charge < -0.3 is 19.7 Å². The number of aromatic nitrogens is 3. The summed E-state index contributed by atoms with van der Waals surface area (Å²) < 4.78 is 40.4. The fraction of sp³-hybridized carbons (Fsp3) is 0.385. The van der Waals surface area contributed by atoms with Crippen molar-refractivity contribution in [3.05, 3.63) is 82.4 Å². The van der Waals surface area contributed by atoms with Crippen molar-refractivity contribution in [2.75, 3.05) is 13.2 Å². The van der Waals surface area contributed by atoms with E-state index >= 15 is 0 Å². The summed E-state index contributed by atoms with van der Waals surface area (Å²) in [6, 6.07) is 13.4. The summed E-state index contributed by atoms with van der Waals surface area (Å²) in [5, 5.41) is 15.1. The van der Waals surface area contributed by atoms with Crippen LogP contribution in [0.5, 0.6) is 5.75 Å². The van der Waals surface area contributed by atoms with Gasteiger partial charge in [-0.2, -0.15) is 4.67 Å². The Labute approximate surface area is 240 Å². The molecule has 16 heteroatoms.